The van der Waals surface area contributed by atoms with Gasteiger partial charge in [0.2, 0.25) is 0 Å². The van der Waals surface area contributed by atoms with Crippen molar-refractivity contribution < 1.29 is 0 Å². The molecule has 19 heavy (non-hydrogen) atoms. The van der Waals surface area contributed by atoms with E-state index < -0.39 is 0 Å². The molecule has 0 bridgehead atoms. The third-order valence-electron chi connectivity index (χ3n) is 4.50. The minimum Gasteiger partial charge on any atom is -0.311 e. The van der Waals surface area contributed by atoms with Gasteiger partial charge in [0.1, 0.15) is 0 Å². The minimum absolute atomic E-state index is 0.689. The highest BCUT2D eigenvalue weighted by molar-refractivity contribution is 9.10. The molecule has 104 valence electrons. The van der Waals surface area contributed by atoms with Crippen molar-refractivity contribution in [2.75, 3.05) is 13.1 Å². The first kappa shape index (κ1) is 13.6. The Labute approximate surface area is 124 Å². The van der Waals surface area contributed by atoms with Crippen LogP contribution in [0.4, 0.5) is 0 Å². The van der Waals surface area contributed by atoms with Gasteiger partial charge >= 0.3 is 0 Å². The summed E-state index contributed by atoms with van der Waals surface area (Å²) in [5.74, 6) is 0.947. The van der Waals surface area contributed by atoms with Crippen molar-refractivity contribution in [3.05, 3.63) is 34.3 Å². The van der Waals surface area contributed by atoms with Crippen molar-refractivity contribution in [2.45, 2.75) is 44.8 Å². The van der Waals surface area contributed by atoms with E-state index in [4.69, 9.17) is 0 Å². The monoisotopic (exact) mass is 322 g/mol. The molecule has 2 unspecified atom stereocenters. The Hall–Kier alpha value is -0.380. The molecule has 1 saturated heterocycles. The summed E-state index contributed by atoms with van der Waals surface area (Å²) in [4.78, 5) is 2.68. The molecule has 2 atom stereocenters. The summed E-state index contributed by atoms with van der Waals surface area (Å²) in [7, 11) is 0. The number of benzene rings is 1. The van der Waals surface area contributed by atoms with E-state index in [1.807, 2.05) is 0 Å². The van der Waals surface area contributed by atoms with E-state index in [-0.39, 0.29) is 0 Å². The van der Waals surface area contributed by atoms with E-state index in [2.05, 4.69) is 57.3 Å². The van der Waals surface area contributed by atoms with Crippen LogP contribution in [0.1, 0.15) is 31.7 Å². The number of piperazine rings is 1. The molecule has 0 amide bonds. The van der Waals surface area contributed by atoms with Crippen LogP contribution in [0.2, 0.25) is 0 Å². The lowest BCUT2D eigenvalue weighted by Crippen LogP contribution is -2.56. The lowest BCUT2D eigenvalue weighted by atomic mass is 10.0. The molecular formula is C16H23BrN2. The molecule has 0 spiro atoms. The maximum atomic E-state index is 3.76. The predicted molar refractivity (Wildman–Crippen MR) is 83.1 cm³/mol. The molecule has 0 radical (unpaired) electrons. The number of halogens is 1. The molecule has 2 nitrogen and oxygen atoms in total. The molecule has 3 heteroatoms. The van der Waals surface area contributed by atoms with Gasteiger partial charge in [-0.2, -0.15) is 0 Å². The van der Waals surface area contributed by atoms with Gasteiger partial charge in [0, 0.05) is 36.2 Å². The molecule has 0 aromatic heterocycles. The first-order valence-corrected chi connectivity index (χ1v) is 8.27. The first-order chi connectivity index (χ1) is 9.26. The average molecular weight is 323 g/mol. The van der Waals surface area contributed by atoms with E-state index in [1.165, 1.54) is 35.8 Å². The minimum atomic E-state index is 0.689. The number of nitrogens with one attached hydrogen (secondary N) is 1. The molecule has 3 rings (SSSR count). The highest BCUT2D eigenvalue weighted by Crippen LogP contribution is 2.34. The lowest BCUT2D eigenvalue weighted by Gasteiger charge is -2.40. The van der Waals surface area contributed by atoms with Crippen LogP contribution in [-0.2, 0) is 6.54 Å². The molecule has 1 heterocycles. The highest BCUT2D eigenvalue weighted by atomic mass is 79.9. The summed E-state index contributed by atoms with van der Waals surface area (Å²) in [5.41, 5.74) is 1.42. The van der Waals surface area contributed by atoms with Crippen molar-refractivity contribution in [3.8, 4) is 0 Å². The Morgan fingerprint density at radius 2 is 2.21 bits per heavy atom. The zero-order chi connectivity index (χ0) is 13.2. The SMILES string of the molecule is CCC1CNC(C2CC2)CN1Cc1cccc(Br)c1. The second kappa shape index (κ2) is 5.94. The third kappa shape index (κ3) is 3.39. The molecule has 1 aromatic carbocycles. The van der Waals surface area contributed by atoms with Crippen molar-refractivity contribution in [2.24, 2.45) is 5.92 Å². The third-order valence-corrected chi connectivity index (χ3v) is 4.99. The van der Waals surface area contributed by atoms with E-state index in [1.54, 1.807) is 0 Å². The standard InChI is InChI=1S/C16H23BrN2/c1-2-15-9-18-16(13-6-7-13)11-19(15)10-12-4-3-5-14(17)8-12/h3-5,8,13,15-16,18H,2,6-7,9-11H2,1H3. The largest absolute Gasteiger partial charge is 0.311 e. The second-order valence-corrected chi connectivity index (χ2v) is 6.89. The molecule has 1 N–H and O–H groups in total. The van der Waals surface area contributed by atoms with Crippen molar-refractivity contribution in [1.82, 2.24) is 10.2 Å². The van der Waals surface area contributed by atoms with Gasteiger partial charge in [-0.3, -0.25) is 4.90 Å². The molecule has 2 aliphatic rings. The number of hydrogen-bond donors (Lipinski definition) is 1. The van der Waals surface area contributed by atoms with Gasteiger partial charge in [-0.1, -0.05) is 35.0 Å². The molecule has 1 aliphatic carbocycles. The zero-order valence-electron chi connectivity index (χ0n) is 11.6. The van der Waals surface area contributed by atoms with Crippen LogP contribution in [0.25, 0.3) is 0 Å². The Bertz CT molecular complexity index is 431. The molecule has 2 fully saturated rings. The van der Waals surface area contributed by atoms with Gasteiger partial charge in [-0.15, -0.1) is 0 Å². The maximum Gasteiger partial charge on any atom is 0.0238 e. The van der Waals surface area contributed by atoms with Crippen LogP contribution >= 0.6 is 15.9 Å². The number of rotatable bonds is 4. The van der Waals surface area contributed by atoms with E-state index in [9.17, 15) is 0 Å². The van der Waals surface area contributed by atoms with Gasteiger partial charge in [-0.25, -0.2) is 0 Å². The Morgan fingerprint density at radius 3 is 2.89 bits per heavy atom. The van der Waals surface area contributed by atoms with Crippen LogP contribution in [0, 0.1) is 5.92 Å². The van der Waals surface area contributed by atoms with E-state index >= 15 is 0 Å². The number of nitrogens with zero attached hydrogens (tertiary/aromatic N) is 1. The second-order valence-electron chi connectivity index (χ2n) is 5.97. The fourth-order valence-corrected chi connectivity index (χ4v) is 3.61. The molecule has 1 aromatic rings. The summed E-state index contributed by atoms with van der Waals surface area (Å²) in [5, 5.41) is 3.76. The summed E-state index contributed by atoms with van der Waals surface area (Å²) >= 11 is 3.57. The molecular weight excluding hydrogens is 300 g/mol. The van der Waals surface area contributed by atoms with Gasteiger partial charge in [0.25, 0.3) is 0 Å². The van der Waals surface area contributed by atoms with Crippen molar-refractivity contribution >= 4 is 15.9 Å². The zero-order valence-corrected chi connectivity index (χ0v) is 13.2. The highest BCUT2D eigenvalue weighted by Gasteiger charge is 2.36. The number of hydrogen-bond acceptors (Lipinski definition) is 2. The van der Waals surface area contributed by atoms with Crippen LogP contribution in [-0.4, -0.2) is 30.1 Å². The fraction of sp³-hybridized carbons (Fsp3) is 0.625. The maximum absolute atomic E-state index is 3.76. The van der Waals surface area contributed by atoms with E-state index in [0.717, 1.165) is 25.0 Å². The van der Waals surface area contributed by atoms with E-state index in [0.29, 0.717) is 6.04 Å². The van der Waals surface area contributed by atoms with Crippen LogP contribution in [0.5, 0.6) is 0 Å². The van der Waals surface area contributed by atoms with Crippen LogP contribution < -0.4 is 5.32 Å². The van der Waals surface area contributed by atoms with Crippen molar-refractivity contribution in [1.29, 1.82) is 0 Å². The Kier molecular flexibility index (Phi) is 4.25. The summed E-state index contributed by atoms with van der Waals surface area (Å²) < 4.78 is 1.19. The van der Waals surface area contributed by atoms with Crippen LogP contribution in [0.3, 0.4) is 0 Å². The smallest absolute Gasteiger partial charge is 0.0238 e. The quantitative estimate of drug-likeness (QED) is 0.913. The van der Waals surface area contributed by atoms with Gasteiger partial charge in [-0.05, 0) is 42.9 Å². The normalized spacial score (nSPS) is 28.5. The molecule has 1 saturated carbocycles. The Morgan fingerprint density at radius 1 is 1.37 bits per heavy atom. The summed E-state index contributed by atoms with van der Waals surface area (Å²) in [6.07, 6.45) is 4.09. The van der Waals surface area contributed by atoms with Gasteiger partial charge < -0.3 is 5.32 Å². The predicted octanol–water partition coefficient (Wildman–Crippen LogP) is 3.41. The summed E-state index contributed by atoms with van der Waals surface area (Å²) in [6.45, 7) is 5.77. The topological polar surface area (TPSA) is 15.3 Å². The van der Waals surface area contributed by atoms with Gasteiger partial charge in [0.05, 0.1) is 0 Å². The van der Waals surface area contributed by atoms with Gasteiger partial charge in [0.15, 0.2) is 0 Å². The average Bonchev–Trinajstić information content (AvgIpc) is 3.23. The summed E-state index contributed by atoms with van der Waals surface area (Å²) in [6, 6.07) is 10.2. The fourth-order valence-electron chi connectivity index (χ4n) is 3.16. The van der Waals surface area contributed by atoms with Crippen molar-refractivity contribution in [3.63, 3.8) is 0 Å². The lowest BCUT2D eigenvalue weighted by molar-refractivity contribution is 0.112. The Balaban J connectivity index is 1.68. The van der Waals surface area contributed by atoms with Crippen LogP contribution in [0.15, 0.2) is 28.7 Å². The molecule has 1 aliphatic heterocycles. The first-order valence-electron chi connectivity index (χ1n) is 7.48.